The minimum Gasteiger partial charge on any atom is -0.396 e. The molecule has 1 heterocycles. The largest absolute Gasteiger partial charge is 0.396 e. The third-order valence-electron chi connectivity index (χ3n) is 2.50. The summed E-state index contributed by atoms with van der Waals surface area (Å²) in [5.41, 5.74) is 0. The molecule has 0 unspecified atom stereocenters. The number of aliphatic hydroxyl groups excluding tert-OH is 1. The lowest BCUT2D eigenvalue weighted by Gasteiger charge is -2.26. The highest BCUT2D eigenvalue weighted by atomic mass is 35.5. The van der Waals surface area contributed by atoms with Crippen molar-refractivity contribution < 1.29 is 14.6 Å². The Bertz CT molecular complexity index is 146. The van der Waals surface area contributed by atoms with E-state index >= 15 is 0 Å². The summed E-state index contributed by atoms with van der Waals surface area (Å²) in [4.78, 5) is 0. The fourth-order valence-corrected chi connectivity index (χ4v) is 2.03. The van der Waals surface area contributed by atoms with Crippen LogP contribution in [0.4, 0.5) is 0 Å². The fourth-order valence-electron chi connectivity index (χ4n) is 1.74. The van der Waals surface area contributed by atoms with Crippen LogP contribution in [0.15, 0.2) is 0 Å². The van der Waals surface area contributed by atoms with Crippen LogP contribution in [0.5, 0.6) is 0 Å². The van der Waals surface area contributed by atoms with Crippen molar-refractivity contribution in [3.63, 3.8) is 0 Å². The Morgan fingerprint density at radius 3 is 2.36 bits per heavy atom. The average Bonchev–Trinajstić information content (AvgIpc) is 2.63. The van der Waals surface area contributed by atoms with E-state index in [1.807, 2.05) is 0 Å². The predicted octanol–water partition coefficient (Wildman–Crippen LogP) is 1.91. The van der Waals surface area contributed by atoms with E-state index < -0.39 is 5.79 Å². The summed E-state index contributed by atoms with van der Waals surface area (Å²) in [5.74, 6) is 0.150. The van der Waals surface area contributed by atoms with Gasteiger partial charge >= 0.3 is 0 Å². The molecule has 0 amide bonds. The average molecular weight is 223 g/mol. The van der Waals surface area contributed by atoms with Crippen molar-refractivity contribution in [1.29, 1.82) is 0 Å². The van der Waals surface area contributed by atoms with E-state index in [0.717, 1.165) is 32.1 Å². The molecule has 14 heavy (non-hydrogen) atoms. The molecule has 0 atom stereocenters. The number of unbranched alkanes of at least 4 members (excludes halogenated alkanes) is 2. The van der Waals surface area contributed by atoms with E-state index in [2.05, 4.69) is 0 Å². The third-order valence-corrected chi connectivity index (χ3v) is 2.69. The molecule has 0 saturated carbocycles. The van der Waals surface area contributed by atoms with Crippen LogP contribution in [0.3, 0.4) is 0 Å². The molecule has 84 valence electrons. The number of rotatable bonds is 7. The minimum absolute atomic E-state index is 0.268. The van der Waals surface area contributed by atoms with Gasteiger partial charge in [-0.25, -0.2) is 0 Å². The van der Waals surface area contributed by atoms with Gasteiger partial charge in [-0.2, -0.15) is 0 Å². The Morgan fingerprint density at radius 2 is 1.79 bits per heavy atom. The van der Waals surface area contributed by atoms with Crippen LogP contribution in [0.2, 0.25) is 0 Å². The predicted molar refractivity (Wildman–Crippen MR) is 55.5 cm³/mol. The van der Waals surface area contributed by atoms with E-state index in [0.29, 0.717) is 19.1 Å². The first-order chi connectivity index (χ1) is 6.83. The molecule has 4 heteroatoms. The van der Waals surface area contributed by atoms with E-state index in [1.165, 1.54) is 0 Å². The quantitative estimate of drug-likeness (QED) is 0.528. The van der Waals surface area contributed by atoms with E-state index in [-0.39, 0.29) is 6.61 Å². The Hall–Kier alpha value is 0.170. The SMILES string of the molecule is OCCCCCC1(CCCl)OCCO1. The number of ether oxygens (including phenoxy) is 2. The Morgan fingerprint density at radius 1 is 1.07 bits per heavy atom. The van der Waals surface area contributed by atoms with Gasteiger partial charge in [0.2, 0.25) is 0 Å². The highest BCUT2D eigenvalue weighted by Gasteiger charge is 2.34. The van der Waals surface area contributed by atoms with Gasteiger partial charge in [0.1, 0.15) is 0 Å². The van der Waals surface area contributed by atoms with Crippen LogP contribution in [0, 0.1) is 0 Å². The van der Waals surface area contributed by atoms with Gasteiger partial charge in [-0.05, 0) is 12.8 Å². The van der Waals surface area contributed by atoms with Crippen LogP contribution in [-0.4, -0.2) is 36.6 Å². The Balaban J connectivity index is 2.21. The molecule has 0 aromatic carbocycles. The van der Waals surface area contributed by atoms with Crippen molar-refractivity contribution in [2.45, 2.75) is 37.9 Å². The molecule has 0 bridgehead atoms. The highest BCUT2D eigenvalue weighted by Crippen LogP contribution is 2.29. The van der Waals surface area contributed by atoms with Crippen LogP contribution < -0.4 is 0 Å². The van der Waals surface area contributed by atoms with Crippen LogP contribution in [0.25, 0.3) is 0 Å². The summed E-state index contributed by atoms with van der Waals surface area (Å²) >= 11 is 5.71. The Labute approximate surface area is 90.3 Å². The van der Waals surface area contributed by atoms with Crippen LogP contribution in [0.1, 0.15) is 32.1 Å². The van der Waals surface area contributed by atoms with Gasteiger partial charge in [-0.3, -0.25) is 0 Å². The molecule has 1 aliphatic rings. The summed E-state index contributed by atoms with van der Waals surface area (Å²) < 4.78 is 11.2. The number of alkyl halides is 1. The molecule has 0 radical (unpaired) electrons. The summed E-state index contributed by atoms with van der Waals surface area (Å²) in [6, 6.07) is 0. The number of hydrogen-bond donors (Lipinski definition) is 1. The van der Waals surface area contributed by atoms with E-state index in [4.69, 9.17) is 26.2 Å². The van der Waals surface area contributed by atoms with Crippen molar-refractivity contribution in [3.8, 4) is 0 Å². The molecule has 0 aliphatic carbocycles. The lowest BCUT2D eigenvalue weighted by Crippen LogP contribution is -2.30. The van der Waals surface area contributed by atoms with Crippen LogP contribution >= 0.6 is 11.6 Å². The van der Waals surface area contributed by atoms with Crippen molar-refractivity contribution >= 4 is 11.6 Å². The first-order valence-corrected chi connectivity index (χ1v) is 5.81. The second-order valence-corrected chi connectivity index (χ2v) is 3.96. The zero-order valence-corrected chi connectivity index (χ0v) is 9.26. The molecule has 0 aromatic rings. The molecule has 0 spiro atoms. The minimum atomic E-state index is -0.419. The van der Waals surface area contributed by atoms with Crippen LogP contribution in [-0.2, 0) is 9.47 Å². The maximum absolute atomic E-state index is 8.64. The van der Waals surface area contributed by atoms with Crippen molar-refractivity contribution in [2.24, 2.45) is 0 Å². The summed E-state index contributed by atoms with van der Waals surface area (Å²) in [7, 11) is 0. The first kappa shape index (κ1) is 12.2. The Kier molecular flexibility index (Phi) is 5.78. The van der Waals surface area contributed by atoms with Gasteiger partial charge in [0.15, 0.2) is 5.79 Å². The van der Waals surface area contributed by atoms with Crippen molar-refractivity contribution in [2.75, 3.05) is 25.7 Å². The maximum atomic E-state index is 8.64. The number of hydrogen-bond acceptors (Lipinski definition) is 3. The second-order valence-electron chi connectivity index (χ2n) is 3.58. The van der Waals surface area contributed by atoms with Gasteiger partial charge in [-0.15, -0.1) is 11.6 Å². The van der Waals surface area contributed by atoms with Gasteiger partial charge in [0.25, 0.3) is 0 Å². The van der Waals surface area contributed by atoms with E-state index in [1.54, 1.807) is 0 Å². The highest BCUT2D eigenvalue weighted by molar-refractivity contribution is 6.17. The van der Waals surface area contributed by atoms with Crippen molar-refractivity contribution in [3.05, 3.63) is 0 Å². The first-order valence-electron chi connectivity index (χ1n) is 5.28. The third kappa shape index (κ3) is 3.73. The molecule has 1 saturated heterocycles. The number of aliphatic hydroxyl groups is 1. The summed E-state index contributed by atoms with van der Waals surface area (Å²) in [6.45, 7) is 1.62. The normalized spacial score (nSPS) is 20.1. The second kappa shape index (κ2) is 6.62. The van der Waals surface area contributed by atoms with Gasteiger partial charge in [0, 0.05) is 25.3 Å². The smallest absolute Gasteiger partial charge is 0.169 e. The molecule has 1 rings (SSSR count). The van der Waals surface area contributed by atoms with Gasteiger partial charge in [-0.1, -0.05) is 6.42 Å². The topological polar surface area (TPSA) is 38.7 Å². The maximum Gasteiger partial charge on any atom is 0.169 e. The molecular formula is C10H19ClO3. The lowest BCUT2D eigenvalue weighted by atomic mass is 10.1. The summed E-state index contributed by atoms with van der Waals surface area (Å²) in [6.07, 6.45) is 4.55. The molecule has 0 aromatic heterocycles. The van der Waals surface area contributed by atoms with Gasteiger partial charge < -0.3 is 14.6 Å². The standard InChI is InChI=1S/C10H19ClO3/c11-6-5-10(13-8-9-14-10)4-2-1-3-7-12/h12H,1-9H2. The molecule has 3 nitrogen and oxygen atoms in total. The lowest BCUT2D eigenvalue weighted by molar-refractivity contribution is -0.164. The molecule has 1 aliphatic heterocycles. The zero-order valence-electron chi connectivity index (χ0n) is 8.51. The molecule has 1 fully saturated rings. The van der Waals surface area contributed by atoms with Gasteiger partial charge in [0.05, 0.1) is 13.2 Å². The zero-order chi connectivity index (χ0) is 10.3. The number of halogens is 1. The fraction of sp³-hybridized carbons (Fsp3) is 1.00. The van der Waals surface area contributed by atoms with E-state index in [9.17, 15) is 0 Å². The molecular weight excluding hydrogens is 204 g/mol. The summed E-state index contributed by atoms with van der Waals surface area (Å²) in [5, 5.41) is 8.64. The molecule has 1 N–H and O–H groups in total. The monoisotopic (exact) mass is 222 g/mol. The van der Waals surface area contributed by atoms with Crippen molar-refractivity contribution in [1.82, 2.24) is 0 Å².